The molecule has 1 aliphatic heterocycles. The van der Waals surface area contributed by atoms with Gasteiger partial charge in [-0.05, 0) is 42.1 Å². The topological polar surface area (TPSA) is 80.5 Å². The van der Waals surface area contributed by atoms with Gasteiger partial charge in [-0.2, -0.15) is 13.2 Å². The van der Waals surface area contributed by atoms with E-state index in [1.54, 1.807) is 0 Å². The second-order valence-electron chi connectivity index (χ2n) is 5.38. The van der Waals surface area contributed by atoms with Crippen LogP contribution in [0.15, 0.2) is 53.4 Å². The van der Waals surface area contributed by atoms with E-state index in [4.69, 9.17) is 0 Å². The molecule has 0 spiro atoms. The van der Waals surface area contributed by atoms with Crippen LogP contribution in [0.3, 0.4) is 0 Å². The zero-order chi connectivity index (χ0) is 19.8. The number of nitro benzene ring substituents is 1. The summed E-state index contributed by atoms with van der Waals surface area (Å²) in [5, 5.41) is 10.3. The summed E-state index contributed by atoms with van der Waals surface area (Å²) in [4.78, 5) is 35.6. The lowest BCUT2D eigenvalue weighted by molar-refractivity contribution is -0.385. The smallest absolute Gasteiger partial charge is 0.268 e. The van der Waals surface area contributed by atoms with Gasteiger partial charge in [-0.3, -0.25) is 19.7 Å². The van der Waals surface area contributed by atoms with Gasteiger partial charge < -0.3 is 0 Å². The minimum absolute atomic E-state index is 0.108. The normalized spacial score (nSPS) is 16.3. The lowest BCUT2D eigenvalue weighted by Crippen LogP contribution is -2.28. The van der Waals surface area contributed by atoms with Gasteiger partial charge in [0.15, 0.2) is 0 Å². The van der Waals surface area contributed by atoms with Gasteiger partial charge in [-0.25, -0.2) is 4.90 Å². The molecular weight excluding hydrogens is 385 g/mol. The molecule has 0 aromatic heterocycles. The number of alkyl halides is 3. The first-order valence-corrected chi connectivity index (χ1v) is 8.19. The molecule has 1 fully saturated rings. The van der Waals surface area contributed by atoms with Gasteiger partial charge in [0.05, 0.1) is 26.6 Å². The minimum Gasteiger partial charge on any atom is -0.268 e. The molecule has 0 saturated carbocycles. The second kappa shape index (κ2) is 6.88. The van der Waals surface area contributed by atoms with Crippen LogP contribution in [-0.2, 0) is 11.0 Å². The first-order chi connectivity index (χ1) is 12.7. The van der Waals surface area contributed by atoms with Crippen molar-refractivity contribution in [2.45, 2.75) is 6.18 Å². The number of halogens is 3. The maximum Gasteiger partial charge on any atom is 0.416 e. The fourth-order valence-corrected chi connectivity index (χ4v) is 3.26. The van der Waals surface area contributed by atoms with Crippen molar-refractivity contribution < 1.29 is 27.7 Å². The summed E-state index contributed by atoms with van der Waals surface area (Å²) in [6, 6.07) is 9.43. The molecule has 138 valence electrons. The molecule has 1 aliphatic rings. The van der Waals surface area contributed by atoms with E-state index in [0.717, 1.165) is 12.1 Å². The Hall–Kier alpha value is -3.14. The van der Waals surface area contributed by atoms with Crippen molar-refractivity contribution >= 4 is 40.4 Å². The van der Waals surface area contributed by atoms with E-state index in [1.807, 2.05) is 0 Å². The summed E-state index contributed by atoms with van der Waals surface area (Å²) in [5.74, 6) is -0.845. The molecule has 0 radical (unpaired) electrons. The van der Waals surface area contributed by atoms with Crippen molar-refractivity contribution in [3.8, 4) is 0 Å². The molecule has 2 amide bonds. The fourth-order valence-electron chi connectivity index (χ4n) is 2.43. The quantitative estimate of drug-likeness (QED) is 0.422. The highest BCUT2D eigenvalue weighted by Crippen LogP contribution is 2.38. The van der Waals surface area contributed by atoms with Crippen molar-refractivity contribution in [2.75, 3.05) is 4.90 Å². The maximum absolute atomic E-state index is 12.9. The Morgan fingerprint density at radius 2 is 1.78 bits per heavy atom. The number of nitro groups is 1. The summed E-state index contributed by atoms with van der Waals surface area (Å²) in [6.07, 6.45) is -3.45. The molecule has 27 heavy (non-hydrogen) atoms. The van der Waals surface area contributed by atoms with Crippen LogP contribution >= 0.6 is 11.8 Å². The largest absolute Gasteiger partial charge is 0.416 e. The van der Waals surface area contributed by atoms with Crippen LogP contribution in [0, 0.1) is 10.1 Å². The number of nitrogens with zero attached hydrogens (tertiary/aromatic N) is 2. The molecule has 2 aromatic carbocycles. The van der Waals surface area contributed by atoms with Crippen LogP contribution in [-0.4, -0.2) is 16.1 Å². The maximum atomic E-state index is 12.9. The number of carbonyl (C=O) groups excluding carboxylic acids is 2. The van der Waals surface area contributed by atoms with Gasteiger partial charge in [0, 0.05) is 6.07 Å². The van der Waals surface area contributed by atoms with Crippen LogP contribution in [0.4, 0.5) is 29.3 Å². The Morgan fingerprint density at radius 1 is 1.07 bits per heavy atom. The molecule has 0 N–H and O–H groups in total. The van der Waals surface area contributed by atoms with Crippen molar-refractivity contribution in [1.29, 1.82) is 0 Å². The van der Waals surface area contributed by atoms with E-state index in [-0.39, 0.29) is 21.8 Å². The van der Waals surface area contributed by atoms with Crippen molar-refractivity contribution in [3.63, 3.8) is 0 Å². The first-order valence-electron chi connectivity index (χ1n) is 7.37. The van der Waals surface area contributed by atoms with E-state index in [9.17, 15) is 32.9 Å². The van der Waals surface area contributed by atoms with Crippen molar-refractivity contribution in [1.82, 2.24) is 0 Å². The summed E-state index contributed by atoms with van der Waals surface area (Å²) in [7, 11) is 0. The molecule has 10 heteroatoms. The van der Waals surface area contributed by atoms with E-state index in [2.05, 4.69) is 0 Å². The highest BCUT2D eigenvalue weighted by Gasteiger charge is 2.38. The molecule has 0 unspecified atom stereocenters. The summed E-state index contributed by atoms with van der Waals surface area (Å²) in [5.41, 5.74) is -1.37. The summed E-state index contributed by atoms with van der Waals surface area (Å²) >= 11 is 0.500. The third-order valence-corrected chi connectivity index (χ3v) is 4.52. The zero-order valence-corrected chi connectivity index (χ0v) is 14.1. The third-order valence-electron chi connectivity index (χ3n) is 3.65. The molecule has 0 atom stereocenters. The average molecular weight is 394 g/mol. The van der Waals surface area contributed by atoms with Gasteiger partial charge in [0.1, 0.15) is 0 Å². The first kappa shape index (κ1) is 18.6. The van der Waals surface area contributed by atoms with Gasteiger partial charge in [-0.15, -0.1) is 0 Å². The Morgan fingerprint density at radius 3 is 2.44 bits per heavy atom. The SMILES string of the molecule is O=C1S/C(=C\c2ccccc2[N+](=O)[O-])C(=O)N1c1cccc(C(F)(F)F)c1. The number of anilines is 1. The number of benzene rings is 2. The fraction of sp³-hybridized carbons (Fsp3) is 0.0588. The molecule has 6 nitrogen and oxygen atoms in total. The van der Waals surface area contributed by atoms with Crippen molar-refractivity contribution in [3.05, 3.63) is 74.7 Å². The van der Waals surface area contributed by atoms with Gasteiger partial charge in [-0.1, -0.05) is 18.2 Å². The van der Waals surface area contributed by atoms with Crippen LogP contribution in [0.5, 0.6) is 0 Å². The van der Waals surface area contributed by atoms with E-state index >= 15 is 0 Å². The summed E-state index contributed by atoms with van der Waals surface area (Å²) < 4.78 is 38.6. The highest BCUT2D eigenvalue weighted by molar-refractivity contribution is 8.19. The zero-order valence-electron chi connectivity index (χ0n) is 13.3. The molecule has 0 bridgehead atoms. The second-order valence-corrected chi connectivity index (χ2v) is 6.37. The van der Waals surface area contributed by atoms with Gasteiger partial charge >= 0.3 is 6.18 Å². The molecule has 0 aliphatic carbocycles. The molecule has 2 aromatic rings. The Bertz CT molecular complexity index is 988. The van der Waals surface area contributed by atoms with Crippen LogP contribution in [0.25, 0.3) is 6.08 Å². The number of hydrogen-bond donors (Lipinski definition) is 0. The Kier molecular flexibility index (Phi) is 4.75. The lowest BCUT2D eigenvalue weighted by atomic mass is 10.1. The molecule has 3 rings (SSSR count). The van der Waals surface area contributed by atoms with Crippen molar-refractivity contribution in [2.24, 2.45) is 0 Å². The number of para-hydroxylation sites is 1. The third kappa shape index (κ3) is 3.70. The number of carbonyl (C=O) groups is 2. The monoisotopic (exact) mass is 394 g/mol. The standard InChI is InChI=1S/C17H9F3N2O4S/c18-17(19,20)11-5-3-6-12(9-11)21-15(23)14(27-16(21)24)8-10-4-1-2-7-13(10)22(25)26/h1-9H/b14-8-. The molecule has 1 saturated heterocycles. The van der Waals surface area contributed by atoms with Gasteiger partial charge in [0.25, 0.3) is 16.8 Å². The van der Waals surface area contributed by atoms with Crippen LogP contribution < -0.4 is 4.90 Å². The Labute approximate surface area is 154 Å². The summed E-state index contributed by atoms with van der Waals surface area (Å²) in [6.45, 7) is 0. The Balaban J connectivity index is 1.98. The van der Waals surface area contributed by atoms with E-state index in [1.165, 1.54) is 36.4 Å². The lowest BCUT2D eigenvalue weighted by Gasteiger charge is -2.14. The van der Waals surface area contributed by atoms with Crippen LogP contribution in [0.2, 0.25) is 0 Å². The molecule has 1 heterocycles. The minimum atomic E-state index is -4.63. The highest BCUT2D eigenvalue weighted by atomic mass is 32.2. The molecular formula is C17H9F3N2O4S. The average Bonchev–Trinajstić information content (AvgIpc) is 2.88. The number of imide groups is 1. The predicted molar refractivity (Wildman–Crippen MR) is 93.0 cm³/mol. The number of rotatable bonds is 3. The van der Waals surface area contributed by atoms with E-state index < -0.39 is 27.8 Å². The van der Waals surface area contributed by atoms with Gasteiger partial charge in [0.2, 0.25) is 0 Å². The number of amides is 2. The predicted octanol–water partition coefficient (Wildman–Crippen LogP) is 4.85. The number of thioether (sulfide) groups is 1. The number of hydrogen-bond acceptors (Lipinski definition) is 5. The van der Waals surface area contributed by atoms with E-state index in [0.29, 0.717) is 22.7 Å². The van der Waals surface area contributed by atoms with Crippen LogP contribution in [0.1, 0.15) is 11.1 Å².